The lowest BCUT2D eigenvalue weighted by molar-refractivity contribution is -0.116. The lowest BCUT2D eigenvalue weighted by atomic mass is 9.89. The topological polar surface area (TPSA) is 82.0 Å². The number of carbonyl (C=O) groups excluding carboxylic acids is 1. The van der Waals surface area contributed by atoms with Crippen molar-refractivity contribution in [2.75, 3.05) is 29.9 Å². The number of ether oxygens (including phenoxy) is 1. The quantitative estimate of drug-likeness (QED) is 0.577. The molecule has 0 aliphatic carbocycles. The molecule has 2 aliphatic rings. The van der Waals surface area contributed by atoms with Gasteiger partial charge in [0.25, 0.3) is 0 Å². The zero-order chi connectivity index (χ0) is 22.3. The Hall–Kier alpha value is -1.94. The number of benzene rings is 2. The Labute approximate surface area is 190 Å². The van der Waals surface area contributed by atoms with Gasteiger partial charge in [-0.2, -0.15) is 0 Å². The van der Waals surface area contributed by atoms with Crippen LogP contribution in [0.3, 0.4) is 0 Å². The number of hydrogen-bond donors (Lipinski definition) is 3. The molecule has 0 bridgehead atoms. The average molecular weight is 518 g/mol. The van der Waals surface area contributed by atoms with Crippen molar-refractivity contribution in [3.63, 3.8) is 0 Å². The molecular weight excluding hydrogens is 498 g/mol. The molecule has 31 heavy (non-hydrogen) atoms. The van der Waals surface area contributed by atoms with Crippen molar-refractivity contribution in [2.24, 2.45) is 0 Å². The van der Waals surface area contributed by atoms with Gasteiger partial charge >= 0.3 is 0 Å². The number of anilines is 2. The predicted molar refractivity (Wildman–Crippen MR) is 116 cm³/mol. The van der Waals surface area contributed by atoms with Crippen molar-refractivity contribution in [2.45, 2.75) is 31.0 Å². The van der Waals surface area contributed by atoms with Gasteiger partial charge in [-0.05, 0) is 53.0 Å². The van der Waals surface area contributed by atoms with Gasteiger partial charge in [0, 0.05) is 34.6 Å². The lowest BCUT2D eigenvalue weighted by Crippen LogP contribution is -2.58. The Morgan fingerprint density at radius 1 is 1.29 bits per heavy atom. The molecule has 2 aromatic carbocycles. The van der Waals surface area contributed by atoms with Crippen LogP contribution in [0, 0.1) is 11.6 Å². The summed E-state index contributed by atoms with van der Waals surface area (Å²) in [5.41, 5.74) is -0.721. The van der Waals surface area contributed by atoms with E-state index in [1.807, 2.05) is 0 Å². The Morgan fingerprint density at radius 3 is 2.77 bits per heavy atom. The maximum Gasteiger partial charge on any atom is 0.224 e. The molecule has 0 aromatic heterocycles. The third-order valence-corrected chi connectivity index (χ3v) is 6.51. The first-order valence-electron chi connectivity index (χ1n) is 9.72. The van der Waals surface area contributed by atoms with Crippen LogP contribution in [0.15, 0.2) is 28.7 Å². The van der Waals surface area contributed by atoms with Gasteiger partial charge in [-0.3, -0.25) is 4.79 Å². The van der Waals surface area contributed by atoms with Crippen LogP contribution in [-0.4, -0.2) is 47.5 Å². The summed E-state index contributed by atoms with van der Waals surface area (Å²) < 4.78 is 34.7. The molecule has 3 N–H and O–H groups in total. The molecule has 2 aromatic rings. The second kappa shape index (κ2) is 8.54. The maximum absolute atomic E-state index is 14.4. The Balaban J connectivity index is 1.48. The average Bonchev–Trinajstić information content (AvgIpc) is 2.70. The van der Waals surface area contributed by atoms with E-state index in [1.165, 1.54) is 18.2 Å². The smallest absolute Gasteiger partial charge is 0.224 e. The first-order chi connectivity index (χ1) is 14.7. The zero-order valence-corrected chi connectivity index (χ0v) is 18.6. The van der Waals surface area contributed by atoms with E-state index in [9.17, 15) is 23.8 Å². The summed E-state index contributed by atoms with van der Waals surface area (Å²) in [6, 6.07) is 5.38. The molecule has 166 valence electrons. The van der Waals surface area contributed by atoms with Gasteiger partial charge in [0.1, 0.15) is 35.7 Å². The number of carbonyl (C=O) groups is 1. The molecule has 2 atom stereocenters. The van der Waals surface area contributed by atoms with E-state index in [1.54, 1.807) is 11.0 Å². The van der Waals surface area contributed by atoms with Gasteiger partial charge in [-0.15, -0.1) is 0 Å². The molecule has 1 fully saturated rings. The van der Waals surface area contributed by atoms with Crippen molar-refractivity contribution in [1.82, 2.24) is 0 Å². The molecule has 0 saturated carbocycles. The van der Waals surface area contributed by atoms with Crippen molar-refractivity contribution in [3.05, 3.63) is 51.0 Å². The van der Waals surface area contributed by atoms with Crippen LogP contribution in [0.2, 0.25) is 5.02 Å². The molecule has 1 amide bonds. The summed E-state index contributed by atoms with van der Waals surface area (Å²) in [5, 5.41) is 24.4. The number of nitrogens with zero attached hydrogens (tertiary/aromatic N) is 1. The number of piperidine rings is 1. The minimum atomic E-state index is -1.58. The number of fused-ring (bicyclic) bond motifs is 1. The molecule has 0 spiro atoms. The molecule has 0 unspecified atom stereocenters. The third-order valence-electron chi connectivity index (χ3n) is 5.69. The monoisotopic (exact) mass is 516 g/mol. The summed E-state index contributed by atoms with van der Waals surface area (Å²) >= 11 is 9.15. The van der Waals surface area contributed by atoms with Crippen LogP contribution < -0.4 is 15.0 Å². The van der Waals surface area contributed by atoms with Crippen molar-refractivity contribution in [1.29, 1.82) is 0 Å². The molecule has 6 nitrogen and oxygen atoms in total. The minimum absolute atomic E-state index is 0.0193. The molecule has 0 radical (unpaired) electrons. The molecule has 10 heteroatoms. The number of rotatable bonds is 4. The molecule has 2 aliphatic heterocycles. The summed E-state index contributed by atoms with van der Waals surface area (Å²) in [6.07, 6.45) is -0.592. The highest BCUT2D eigenvalue weighted by Gasteiger charge is 2.42. The molecule has 2 heterocycles. The fraction of sp³-hybridized carbons (Fsp3) is 0.381. The third kappa shape index (κ3) is 4.37. The lowest BCUT2D eigenvalue weighted by Gasteiger charge is -2.43. The van der Waals surface area contributed by atoms with Gasteiger partial charge in [0.05, 0.1) is 11.4 Å². The van der Waals surface area contributed by atoms with E-state index < -0.39 is 23.3 Å². The Morgan fingerprint density at radius 2 is 2.06 bits per heavy atom. The Bertz CT molecular complexity index is 1020. The predicted octanol–water partition coefficient (Wildman–Crippen LogP) is 3.65. The zero-order valence-electron chi connectivity index (χ0n) is 16.3. The number of amides is 1. The van der Waals surface area contributed by atoms with E-state index in [4.69, 9.17) is 16.3 Å². The van der Waals surface area contributed by atoms with Gasteiger partial charge in [0.15, 0.2) is 0 Å². The van der Waals surface area contributed by atoms with E-state index >= 15 is 0 Å². The van der Waals surface area contributed by atoms with Crippen LogP contribution in [0.25, 0.3) is 0 Å². The number of hydrogen-bond acceptors (Lipinski definition) is 5. The first-order valence-corrected chi connectivity index (χ1v) is 10.9. The van der Waals surface area contributed by atoms with Crippen LogP contribution in [0.5, 0.6) is 5.75 Å². The highest BCUT2D eigenvalue weighted by molar-refractivity contribution is 9.10. The second-order valence-corrected chi connectivity index (χ2v) is 9.06. The number of nitrogens with one attached hydrogen (secondary N) is 1. The fourth-order valence-corrected chi connectivity index (χ4v) is 4.96. The van der Waals surface area contributed by atoms with E-state index in [0.717, 1.165) is 0 Å². The minimum Gasteiger partial charge on any atom is -0.490 e. The van der Waals surface area contributed by atoms with Crippen LogP contribution in [-0.2, 0) is 11.2 Å². The summed E-state index contributed by atoms with van der Waals surface area (Å²) in [6.45, 7) is 0.0124. The van der Waals surface area contributed by atoms with Crippen molar-refractivity contribution >= 4 is 44.8 Å². The number of aliphatic hydroxyl groups excluding tert-OH is 1. The highest BCUT2D eigenvalue weighted by atomic mass is 79.9. The molecule has 4 rings (SSSR count). The molecular formula is C21H20BrClF2N2O4. The standard InChI is InChI=1S/C21H20BrClF2N2O4/c22-13-7-11(23)8-15(25)20(13)27-6-5-21(30,17(28)9-27)10-31-16-3-2-14(24)19-12(16)1-4-18(29)26-19/h2-3,7-8,17,28,30H,1,4-6,9-10H2,(H,26,29)/t17-,21-/m1/s1. The highest BCUT2D eigenvalue weighted by Crippen LogP contribution is 2.37. The fourth-order valence-electron chi connectivity index (χ4n) is 3.94. The molecule has 1 saturated heterocycles. The van der Waals surface area contributed by atoms with Gasteiger partial charge in [-0.25, -0.2) is 8.78 Å². The summed E-state index contributed by atoms with van der Waals surface area (Å²) in [5.74, 6) is -1.03. The van der Waals surface area contributed by atoms with E-state index in [0.29, 0.717) is 22.2 Å². The number of aliphatic hydroxyl groups is 2. The van der Waals surface area contributed by atoms with Crippen molar-refractivity contribution < 1.29 is 28.5 Å². The first kappa shape index (κ1) is 22.3. The summed E-state index contributed by atoms with van der Waals surface area (Å²) in [7, 11) is 0. The van der Waals surface area contributed by atoms with E-state index in [-0.39, 0.29) is 54.8 Å². The SMILES string of the molecule is O=C1CCc2c(OC[C@]3(O)CCN(c4c(F)cc(Cl)cc4Br)C[C@H]3O)ccc(F)c2N1. The van der Waals surface area contributed by atoms with Crippen LogP contribution in [0.1, 0.15) is 18.4 Å². The second-order valence-electron chi connectivity index (χ2n) is 7.77. The van der Waals surface area contributed by atoms with E-state index in [2.05, 4.69) is 21.2 Å². The van der Waals surface area contributed by atoms with Gasteiger partial charge in [0.2, 0.25) is 5.91 Å². The maximum atomic E-state index is 14.4. The normalized spacial score (nSPS) is 23.4. The van der Waals surface area contributed by atoms with Gasteiger partial charge < -0.3 is 25.2 Å². The van der Waals surface area contributed by atoms with Gasteiger partial charge in [-0.1, -0.05) is 11.6 Å². The van der Waals surface area contributed by atoms with Crippen LogP contribution in [0.4, 0.5) is 20.2 Å². The summed E-state index contributed by atoms with van der Waals surface area (Å²) in [4.78, 5) is 13.2. The van der Waals surface area contributed by atoms with Crippen LogP contribution >= 0.6 is 27.5 Å². The number of β-amino-alcohol motifs (C(OH)–C–C–N with tert-alkyl or cyclic N) is 1. The Kier molecular flexibility index (Phi) is 6.13. The van der Waals surface area contributed by atoms with Crippen molar-refractivity contribution in [3.8, 4) is 5.75 Å². The number of halogens is 4. The largest absolute Gasteiger partial charge is 0.490 e.